The lowest BCUT2D eigenvalue weighted by Gasteiger charge is -2.25. The first kappa shape index (κ1) is 30.3. The molecule has 1 aromatic heterocycles. The summed E-state index contributed by atoms with van der Waals surface area (Å²) in [6, 6.07) is 42.8. The molecule has 1 heterocycles. The van der Waals surface area contributed by atoms with Crippen molar-refractivity contribution in [1.29, 1.82) is 0 Å². The molecule has 0 N–H and O–H groups in total. The first-order valence-electron chi connectivity index (χ1n) is 16.4. The molecule has 226 valence electrons. The third kappa shape index (κ3) is 5.97. The van der Waals surface area contributed by atoms with Crippen LogP contribution in [0, 0.1) is 0 Å². The molecule has 0 bridgehead atoms. The maximum atomic E-state index is 6.32. The molecule has 7 aromatic rings. The van der Waals surface area contributed by atoms with Crippen LogP contribution < -0.4 is 10.4 Å². The normalized spacial score (nSPS) is 11.5. The van der Waals surface area contributed by atoms with E-state index in [2.05, 4.69) is 148 Å². The summed E-state index contributed by atoms with van der Waals surface area (Å²) >= 11 is 3.73. The summed E-state index contributed by atoms with van der Waals surface area (Å²) in [7, 11) is 6.32. The van der Waals surface area contributed by atoms with Crippen molar-refractivity contribution in [3.63, 3.8) is 0 Å². The number of benzene rings is 6. The zero-order valence-corrected chi connectivity index (χ0v) is 27.9. The van der Waals surface area contributed by atoms with E-state index in [9.17, 15) is 0 Å². The number of hydrogen-bond acceptors (Lipinski definition) is 2. The smallest absolute Gasteiger partial charge is 0.141 e. The highest BCUT2D eigenvalue weighted by molar-refractivity contribution is 9.10. The second-order valence-electron chi connectivity index (χ2n) is 12.1. The van der Waals surface area contributed by atoms with Gasteiger partial charge in [0.05, 0.1) is 11.0 Å². The molecule has 2 radical (unpaired) electrons. The van der Waals surface area contributed by atoms with Gasteiger partial charge in [-0.05, 0) is 77.9 Å². The molecule has 0 atom stereocenters. The third-order valence-electron chi connectivity index (χ3n) is 8.94. The Hall–Kier alpha value is -4.35. The summed E-state index contributed by atoms with van der Waals surface area (Å²) < 4.78 is 3.53. The minimum Gasteiger partial charge on any atom is -0.323 e. The molecule has 7 rings (SSSR count). The zero-order valence-electron chi connectivity index (χ0n) is 26.3. The largest absolute Gasteiger partial charge is 0.323 e. The fraction of sp³-hybridized carbons (Fsp3) is 0.195. The first-order valence-corrected chi connectivity index (χ1v) is 17.2. The van der Waals surface area contributed by atoms with Crippen LogP contribution >= 0.6 is 15.9 Å². The molecular formula is C41H37BBrN3. The van der Waals surface area contributed by atoms with Crippen molar-refractivity contribution in [2.75, 3.05) is 4.90 Å². The molecule has 3 nitrogen and oxygen atoms in total. The summed E-state index contributed by atoms with van der Waals surface area (Å²) in [6.07, 6.45) is 7.48. The molecule has 0 aliphatic carbocycles. The van der Waals surface area contributed by atoms with Crippen molar-refractivity contribution in [3.8, 4) is 11.4 Å². The maximum Gasteiger partial charge on any atom is 0.141 e. The van der Waals surface area contributed by atoms with E-state index in [1.165, 1.54) is 48.4 Å². The predicted octanol–water partition coefficient (Wildman–Crippen LogP) is 11.4. The third-order valence-corrected chi connectivity index (χ3v) is 9.43. The Morgan fingerprint density at radius 1 is 0.630 bits per heavy atom. The number of unbranched alkanes of at least 4 members (excludes halogenated alkanes) is 5. The molecule has 0 aliphatic heterocycles. The molecule has 0 saturated heterocycles. The average Bonchev–Trinajstić information content (AvgIpc) is 3.47. The standard InChI is InChI=1S/C41H37BBrN3/c1-2-3-4-5-6-13-26-45-40-36-25-21-31(43)28-38(36)37-27-30(42)20-24-35(37)39(40)44-41(45)29-18-22-34(23-19-29)46(32-14-9-7-10-15-32)33-16-11-8-12-17-33/h7-12,14-25,27-28H,2-6,13,26H2,1H3. The second kappa shape index (κ2) is 13.6. The van der Waals surface area contributed by atoms with Crippen LogP contribution in [0.5, 0.6) is 0 Å². The Bertz CT molecular complexity index is 2060. The fourth-order valence-electron chi connectivity index (χ4n) is 6.70. The van der Waals surface area contributed by atoms with Crippen molar-refractivity contribution in [1.82, 2.24) is 9.55 Å². The van der Waals surface area contributed by atoms with Crippen LogP contribution in [-0.2, 0) is 6.54 Å². The van der Waals surface area contributed by atoms with E-state index in [1.54, 1.807) is 0 Å². The Morgan fingerprint density at radius 3 is 1.93 bits per heavy atom. The highest BCUT2D eigenvalue weighted by atomic mass is 79.9. The van der Waals surface area contributed by atoms with Crippen LogP contribution in [0.25, 0.3) is 44.0 Å². The fourth-order valence-corrected chi connectivity index (χ4v) is 7.06. The number of aryl methyl sites for hydroxylation is 1. The zero-order chi connectivity index (χ0) is 31.5. The van der Waals surface area contributed by atoms with E-state index in [0.717, 1.165) is 67.6 Å². The quantitative estimate of drug-likeness (QED) is 0.0781. The first-order chi connectivity index (χ1) is 22.6. The van der Waals surface area contributed by atoms with Gasteiger partial charge in [-0.2, -0.15) is 0 Å². The number of fused-ring (bicyclic) bond motifs is 6. The summed E-state index contributed by atoms with van der Waals surface area (Å²) in [4.78, 5) is 7.73. The topological polar surface area (TPSA) is 21.1 Å². The van der Waals surface area contributed by atoms with E-state index in [4.69, 9.17) is 12.8 Å². The van der Waals surface area contributed by atoms with Crippen LogP contribution in [0.3, 0.4) is 0 Å². The van der Waals surface area contributed by atoms with Crippen molar-refractivity contribution >= 4 is 78.9 Å². The van der Waals surface area contributed by atoms with Crippen molar-refractivity contribution in [3.05, 3.63) is 126 Å². The highest BCUT2D eigenvalue weighted by Gasteiger charge is 2.20. The Morgan fingerprint density at radius 2 is 1.24 bits per heavy atom. The van der Waals surface area contributed by atoms with Gasteiger partial charge in [-0.25, -0.2) is 4.98 Å². The lowest BCUT2D eigenvalue weighted by atomic mass is 9.91. The molecular weight excluding hydrogens is 625 g/mol. The van der Waals surface area contributed by atoms with Gasteiger partial charge in [0.2, 0.25) is 0 Å². The number of hydrogen-bond donors (Lipinski definition) is 0. The van der Waals surface area contributed by atoms with Gasteiger partial charge in [-0.1, -0.05) is 121 Å². The molecule has 5 heteroatoms. The predicted molar refractivity (Wildman–Crippen MR) is 201 cm³/mol. The van der Waals surface area contributed by atoms with E-state index < -0.39 is 0 Å². The van der Waals surface area contributed by atoms with Gasteiger partial charge in [-0.15, -0.1) is 0 Å². The number of aromatic nitrogens is 2. The molecule has 6 aromatic carbocycles. The SMILES string of the molecule is [B]c1ccc2c(c1)c1cc(Br)ccc1c1c2nc(-c2ccc(N(c3ccccc3)c3ccccc3)cc2)n1CCCCCCCC. The molecule has 0 fully saturated rings. The van der Waals surface area contributed by atoms with Crippen LogP contribution in [0.2, 0.25) is 0 Å². The monoisotopic (exact) mass is 661 g/mol. The van der Waals surface area contributed by atoms with Crippen LogP contribution in [-0.4, -0.2) is 17.4 Å². The number of halogens is 1. The lowest BCUT2D eigenvalue weighted by molar-refractivity contribution is 0.566. The number of nitrogens with zero attached hydrogens (tertiary/aromatic N) is 3. The second-order valence-corrected chi connectivity index (χ2v) is 13.0. The van der Waals surface area contributed by atoms with Gasteiger partial charge in [0.1, 0.15) is 13.7 Å². The summed E-state index contributed by atoms with van der Waals surface area (Å²) in [5.74, 6) is 1.01. The number of anilines is 3. The molecule has 0 unspecified atom stereocenters. The van der Waals surface area contributed by atoms with E-state index in [0.29, 0.717) is 0 Å². The molecule has 46 heavy (non-hydrogen) atoms. The van der Waals surface area contributed by atoms with E-state index in [1.807, 2.05) is 6.07 Å². The maximum absolute atomic E-state index is 6.32. The van der Waals surface area contributed by atoms with Crippen molar-refractivity contribution in [2.45, 2.75) is 52.0 Å². The van der Waals surface area contributed by atoms with Crippen LogP contribution in [0.15, 0.2) is 126 Å². The van der Waals surface area contributed by atoms with Crippen molar-refractivity contribution < 1.29 is 0 Å². The van der Waals surface area contributed by atoms with E-state index >= 15 is 0 Å². The van der Waals surface area contributed by atoms with Gasteiger partial charge in [-0.3, -0.25) is 0 Å². The summed E-state index contributed by atoms with van der Waals surface area (Å²) in [6.45, 7) is 3.20. The molecule has 0 spiro atoms. The summed E-state index contributed by atoms with van der Waals surface area (Å²) in [5.41, 5.74) is 7.46. The number of rotatable bonds is 11. The van der Waals surface area contributed by atoms with Gasteiger partial charge < -0.3 is 9.47 Å². The molecule has 0 saturated carbocycles. The van der Waals surface area contributed by atoms with Gasteiger partial charge in [0.25, 0.3) is 0 Å². The van der Waals surface area contributed by atoms with E-state index in [-0.39, 0.29) is 0 Å². The van der Waals surface area contributed by atoms with Gasteiger partial charge in [0.15, 0.2) is 0 Å². The Labute approximate surface area is 281 Å². The molecule has 0 aliphatic rings. The molecule has 0 amide bonds. The number of para-hydroxylation sites is 2. The number of imidazole rings is 1. The van der Waals surface area contributed by atoms with Crippen LogP contribution in [0.1, 0.15) is 45.4 Å². The minimum absolute atomic E-state index is 0.761. The van der Waals surface area contributed by atoms with Gasteiger partial charge >= 0.3 is 0 Å². The lowest BCUT2D eigenvalue weighted by Crippen LogP contribution is -2.09. The van der Waals surface area contributed by atoms with Crippen molar-refractivity contribution in [2.24, 2.45) is 0 Å². The Kier molecular flexibility index (Phi) is 8.94. The average molecular weight is 662 g/mol. The minimum atomic E-state index is 0.761. The van der Waals surface area contributed by atoms with Gasteiger partial charge in [0, 0.05) is 44.4 Å². The Balaban J connectivity index is 1.37. The highest BCUT2D eigenvalue weighted by Crippen LogP contribution is 2.40. The van der Waals surface area contributed by atoms with Crippen LogP contribution in [0.4, 0.5) is 17.1 Å². The summed E-state index contributed by atoms with van der Waals surface area (Å²) in [5, 5.41) is 4.67.